The van der Waals surface area contributed by atoms with Crippen LogP contribution in [0.2, 0.25) is 0 Å². The maximum absolute atomic E-state index is 4.78. The molecule has 0 aliphatic rings. The number of imidazole rings is 1. The summed E-state index contributed by atoms with van der Waals surface area (Å²) in [5.41, 5.74) is 4.14. The number of hydrogen-bond donors (Lipinski definition) is 1. The Morgan fingerprint density at radius 3 is 2.46 bits per heavy atom. The van der Waals surface area contributed by atoms with Gasteiger partial charge in [-0.25, -0.2) is 9.97 Å². The molecule has 0 aliphatic carbocycles. The van der Waals surface area contributed by atoms with Crippen molar-refractivity contribution in [1.82, 2.24) is 24.7 Å². The van der Waals surface area contributed by atoms with Crippen LogP contribution in [0.25, 0.3) is 11.0 Å². The number of hydrogen-bond acceptors (Lipinski definition) is 5. The van der Waals surface area contributed by atoms with Crippen molar-refractivity contribution in [2.24, 2.45) is 0 Å². The van der Waals surface area contributed by atoms with E-state index in [-0.39, 0.29) is 6.04 Å². The van der Waals surface area contributed by atoms with Gasteiger partial charge < -0.3 is 9.88 Å². The molecule has 1 atom stereocenters. The van der Waals surface area contributed by atoms with Crippen molar-refractivity contribution in [3.8, 4) is 0 Å². The van der Waals surface area contributed by atoms with Crippen LogP contribution in [0.15, 0.2) is 24.3 Å². The first-order chi connectivity index (χ1) is 11.7. The molecule has 1 N–H and O–H groups in total. The van der Waals surface area contributed by atoms with E-state index < -0.39 is 0 Å². The minimum absolute atomic E-state index is 0.00340. The van der Waals surface area contributed by atoms with E-state index in [4.69, 9.17) is 4.98 Å². The highest BCUT2D eigenvalue weighted by Crippen LogP contribution is 2.22. The molecule has 0 fully saturated rings. The van der Waals surface area contributed by atoms with E-state index in [1.165, 1.54) is 0 Å². The Balaban J connectivity index is 1.91. The van der Waals surface area contributed by atoms with Crippen molar-refractivity contribution in [2.45, 2.75) is 53.1 Å². The second kappa shape index (κ2) is 6.95. The summed E-state index contributed by atoms with van der Waals surface area (Å²) in [5.74, 6) is 1.55. The summed E-state index contributed by atoms with van der Waals surface area (Å²) in [6.45, 7) is 9.25. The third-order valence-corrected chi connectivity index (χ3v) is 4.24. The molecule has 0 amide bonds. The van der Waals surface area contributed by atoms with Gasteiger partial charge in [0, 0.05) is 6.54 Å². The number of aromatic nitrogens is 5. The topological polar surface area (TPSA) is 68.5 Å². The van der Waals surface area contributed by atoms with Gasteiger partial charge in [0.25, 0.3) is 0 Å². The van der Waals surface area contributed by atoms with Crippen LogP contribution < -0.4 is 5.32 Å². The lowest BCUT2D eigenvalue weighted by Gasteiger charge is -2.15. The van der Waals surface area contributed by atoms with E-state index >= 15 is 0 Å². The third kappa shape index (κ3) is 2.96. The molecule has 3 rings (SSSR count). The second-order valence-electron chi connectivity index (χ2n) is 5.80. The number of rotatable bonds is 6. The molecule has 0 bridgehead atoms. The predicted molar refractivity (Wildman–Crippen MR) is 96.0 cm³/mol. The molecule has 3 aromatic rings. The third-order valence-electron chi connectivity index (χ3n) is 4.24. The lowest BCUT2D eigenvalue weighted by Crippen LogP contribution is -2.16. The number of fused-ring (bicyclic) bond motifs is 1. The van der Waals surface area contributed by atoms with Gasteiger partial charge in [-0.2, -0.15) is 5.10 Å². The predicted octanol–water partition coefficient (Wildman–Crippen LogP) is 3.54. The zero-order valence-electron chi connectivity index (χ0n) is 14.7. The van der Waals surface area contributed by atoms with Crippen molar-refractivity contribution in [3.63, 3.8) is 0 Å². The van der Waals surface area contributed by atoms with Crippen LogP contribution in [-0.4, -0.2) is 24.7 Å². The number of aryl methyl sites for hydroxylation is 3. The Morgan fingerprint density at radius 2 is 1.75 bits per heavy atom. The van der Waals surface area contributed by atoms with Gasteiger partial charge in [0.15, 0.2) is 0 Å². The lowest BCUT2D eigenvalue weighted by molar-refractivity contribution is 0.666. The highest BCUT2D eigenvalue weighted by atomic mass is 15.3. The highest BCUT2D eigenvalue weighted by Gasteiger charge is 2.17. The van der Waals surface area contributed by atoms with Crippen molar-refractivity contribution in [3.05, 3.63) is 41.5 Å². The first kappa shape index (κ1) is 16.4. The summed E-state index contributed by atoms with van der Waals surface area (Å²) < 4.78 is 2.22. The van der Waals surface area contributed by atoms with Crippen LogP contribution in [0.5, 0.6) is 0 Å². The van der Waals surface area contributed by atoms with Gasteiger partial charge in [0.2, 0.25) is 5.95 Å². The second-order valence-corrected chi connectivity index (χ2v) is 5.80. The van der Waals surface area contributed by atoms with E-state index in [1.54, 1.807) is 0 Å². The number of nitrogens with zero attached hydrogens (tertiary/aromatic N) is 5. The molecule has 0 saturated heterocycles. The summed E-state index contributed by atoms with van der Waals surface area (Å²) in [4.78, 5) is 9.40. The Hall–Kier alpha value is -2.50. The molecule has 0 radical (unpaired) electrons. The average molecular weight is 324 g/mol. The number of nitrogens with one attached hydrogen (secondary N) is 1. The SMILES string of the molecule is CCc1nnc(NC(C)c2nc3ccccc3n2CC)nc1CC. The number of para-hydroxylation sites is 2. The lowest BCUT2D eigenvalue weighted by atomic mass is 10.2. The Morgan fingerprint density at radius 1 is 1.00 bits per heavy atom. The molecular formula is C18H24N6. The molecule has 2 heterocycles. The van der Waals surface area contributed by atoms with E-state index in [9.17, 15) is 0 Å². The Bertz CT molecular complexity index is 839. The quantitative estimate of drug-likeness (QED) is 0.751. The molecule has 126 valence electrons. The summed E-state index contributed by atoms with van der Waals surface area (Å²) in [6, 6.07) is 8.20. The van der Waals surface area contributed by atoms with E-state index in [1.807, 2.05) is 18.2 Å². The fraction of sp³-hybridized carbons (Fsp3) is 0.444. The number of anilines is 1. The van der Waals surface area contributed by atoms with Gasteiger partial charge in [-0.05, 0) is 38.8 Å². The largest absolute Gasteiger partial charge is 0.343 e. The minimum Gasteiger partial charge on any atom is -0.343 e. The zero-order valence-corrected chi connectivity index (χ0v) is 14.7. The standard InChI is InChI=1S/C18H24N6/c1-5-13-14(6-2)22-23-18(21-13)19-12(4)17-20-15-10-8-9-11-16(15)24(17)7-3/h8-12H,5-7H2,1-4H3,(H,19,21,23). The molecule has 1 unspecified atom stereocenters. The van der Waals surface area contributed by atoms with Crippen LogP contribution in [-0.2, 0) is 19.4 Å². The van der Waals surface area contributed by atoms with Gasteiger partial charge in [0.1, 0.15) is 5.82 Å². The molecule has 0 aliphatic heterocycles. The maximum Gasteiger partial charge on any atom is 0.243 e. The highest BCUT2D eigenvalue weighted by molar-refractivity contribution is 5.76. The zero-order chi connectivity index (χ0) is 17.1. The van der Waals surface area contributed by atoms with Gasteiger partial charge in [-0.15, -0.1) is 5.10 Å². The van der Waals surface area contributed by atoms with Gasteiger partial charge >= 0.3 is 0 Å². The average Bonchev–Trinajstić information content (AvgIpc) is 3.00. The maximum atomic E-state index is 4.78. The monoisotopic (exact) mass is 324 g/mol. The molecule has 6 heteroatoms. The summed E-state index contributed by atoms with van der Waals surface area (Å²) in [7, 11) is 0. The molecule has 24 heavy (non-hydrogen) atoms. The first-order valence-electron chi connectivity index (χ1n) is 8.62. The Labute approximate surface area is 142 Å². The van der Waals surface area contributed by atoms with Crippen LogP contribution in [0.3, 0.4) is 0 Å². The molecule has 1 aromatic carbocycles. The fourth-order valence-electron chi connectivity index (χ4n) is 3.01. The van der Waals surface area contributed by atoms with Crippen LogP contribution >= 0.6 is 0 Å². The van der Waals surface area contributed by atoms with E-state index in [0.717, 1.165) is 47.6 Å². The van der Waals surface area contributed by atoms with Crippen molar-refractivity contribution >= 4 is 17.0 Å². The van der Waals surface area contributed by atoms with E-state index in [2.05, 4.69) is 58.8 Å². The van der Waals surface area contributed by atoms with Crippen LogP contribution in [0, 0.1) is 0 Å². The van der Waals surface area contributed by atoms with E-state index in [0.29, 0.717) is 5.95 Å². The van der Waals surface area contributed by atoms with Crippen LogP contribution in [0.4, 0.5) is 5.95 Å². The number of benzene rings is 1. The minimum atomic E-state index is -0.00340. The molecule has 0 saturated carbocycles. The van der Waals surface area contributed by atoms with Crippen molar-refractivity contribution in [1.29, 1.82) is 0 Å². The summed E-state index contributed by atoms with van der Waals surface area (Å²) >= 11 is 0. The van der Waals surface area contributed by atoms with Gasteiger partial charge in [-0.3, -0.25) is 0 Å². The Kier molecular flexibility index (Phi) is 4.74. The van der Waals surface area contributed by atoms with Crippen molar-refractivity contribution < 1.29 is 0 Å². The summed E-state index contributed by atoms with van der Waals surface area (Å²) in [6.07, 6.45) is 1.71. The molecule has 6 nitrogen and oxygen atoms in total. The normalized spacial score (nSPS) is 12.5. The molecule has 0 spiro atoms. The molecular weight excluding hydrogens is 300 g/mol. The van der Waals surface area contributed by atoms with Crippen molar-refractivity contribution in [2.75, 3.05) is 5.32 Å². The molecule has 2 aromatic heterocycles. The van der Waals surface area contributed by atoms with Crippen LogP contribution in [0.1, 0.15) is 50.9 Å². The smallest absolute Gasteiger partial charge is 0.243 e. The van der Waals surface area contributed by atoms with Gasteiger partial charge in [0.05, 0.1) is 28.5 Å². The fourth-order valence-corrected chi connectivity index (χ4v) is 3.01. The van der Waals surface area contributed by atoms with Gasteiger partial charge in [-0.1, -0.05) is 26.0 Å². The summed E-state index contributed by atoms with van der Waals surface area (Å²) in [5, 5.41) is 11.9. The first-order valence-corrected chi connectivity index (χ1v) is 8.62.